The van der Waals surface area contributed by atoms with E-state index in [1.165, 1.54) is 22.5 Å². The topological polar surface area (TPSA) is 37.4 Å². The van der Waals surface area contributed by atoms with E-state index in [4.69, 9.17) is 11.6 Å². The summed E-state index contributed by atoms with van der Waals surface area (Å²) in [7, 11) is -3.78. The number of hydrogen-bond acceptors (Lipinski definition) is 2. The van der Waals surface area contributed by atoms with Crippen molar-refractivity contribution >= 4 is 21.6 Å². The number of sulfonamides is 1. The molecule has 0 bridgehead atoms. The van der Waals surface area contributed by atoms with Gasteiger partial charge in [-0.15, -0.1) is 11.6 Å². The lowest BCUT2D eigenvalue weighted by molar-refractivity contribution is 0.168. The summed E-state index contributed by atoms with van der Waals surface area (Å²) in [6.07, 6.45) is 2.63. The van der Waals surface area contributed by atoms with Crippen LogP contribution in [0.2, 0.25) is 0 Å². The lowest BCUT2D eigenvalue weighted by atomic mass is 9.79. The molecule has 3 nitrogen and oxygen atoms in total. The maximum atomic E-state index is 13.9. The van der Waals surface area contributed by atoms with Crippen LogP contribution < -0.4 is 0 Å². The van der Waals surface area contributed by atoms with E-state index >= 15 is 0 Å². The van der Waals surface area contributed by atoms with Gasteiger partial charge in [-0.3, -0.25) is 0 Å². The maximum absolute atomic E-state index is 13.9. The van der Waals surface area contributed by atoms with Crippen LogP contribution in [0.4, 0.5) is 4.39 Å². The SMILES string of the molecule is CCC1(C)CCN(S(=O)(=O)c2cc(CCl)ccc2F)CC1. The lowest BCUT2D eigenvalue weighted by Gasteiger charge is -2.38. The van der Waals surface area contributed by atoms with Crippen molar-refractivity contribution in [1.29, 1.82) is 0 Å². The first-order chi connectivity index (χ1) is 9.82. The molecular formula is C15H21ClFNO2S. The summed E-state index contributed by atoms with van der Waals surface area (Å²) in [5.41, 5.74) is 0.787. The van der Waals surface area contributed by atoms with Crippen molar-refractivity contribution in [3.05, 3.63) is 29.6 Å². The zero-order valence-corrected chi connectivity index (χ0v) is 14.0. The largest absolute Gasteiger partial charge is 0.245 e. The molecule has 0 N–H and O–H groups in total. The Morgan fingerprint density at radius 1 is 1.33 bits per heavy atom. The molecule has 1 aromatic rings. The summed E-state index contributed by atoms with van der Waals surface area (Å²) < 4.78 is 40.6. The first kappa shape index (κ1) is 16.7. The highest BCUT2D eigenvalue weighted by Crippen LogP contribution is 2.36. The van der Waals surface area contributed by atoms with Crippen LogP contribution in [0.15, 0.2) is 23.1 Å². The molecule has 0 radical (unpaired) electrons. The van der Waals surface area contributed by atoms with Crippen molar-refractivity contribution in [3.63, 3.8) is 0 Å². The fraction of sp³-hybridized carbons (Fsp3) is 0.600. The van der Waals surface area contributed by atoms with Gasteiger partial charge in [0.2, 0.25) is 10.0 Å². The summed E-state index contributed by atoms with van der Waals surface area (Å²) in [6, 6.07) is 4.02. The standard InChI is InChI=1S/C15H21ClFNO2S/c1-3-15(2)6-8-18(9-7-15)21(19,20)14-10-12(11-16)4-5-13(14)17/h4-5,10H,3,6-9,11H2,1-2H3. The third-order valence-corrected chi connectivity index (χ3v) is 6.77. The molecule has 0 saturated carbocycles. The van der Waals surface area contributed by atoms with Crippen LogP contribution in [0.3, 0.4) is 0 Å². The molecule has 1 heterocycles. The zero-order valence-electron chi connectivity index (χ0n) is 12.4. The molecular weight excluding hydrogens is 313 g/mol. The second kappa shape index (κ2) is 6.23. The predicted molar refractivity (Wildman–Crippen MR) is 82.3 cm³/mol. The maximum Gasteiger partial charge on any atom is 0.245 e. The summed E-state index contributed by atoms with van der Waals surface area (Å²) in [4.78, 5) is -0.263. The predicted octanol–water partition coefficient (Wildman–Crippen LogP) is 3.77. The second-order valence-corrected chi connectivity index (χ2v) is 8.14. The van der Waals surface area contributed by atoms with Gasteiger partial charge in [0.1, 0.15) is 10.7 Å². The molecule has 1 aliphatic heterocycles. The minimum atomic E-state index is -3.78. The van der Waals surface area contributed by atoms with Crippen LogP contribution in [0.25, 0.3) is 0 Å². The highest BCUT2D eigenvalue weighted by molar-refractivity contribution is 7.89. The zero-order chi connectivity index (χ0) is 15.7. The van der Waals surface area contributed by atoms with E-state index in [9.17, 15) is 12.8 Å². The van der Waals surface area contributed by atoms with E-state index in [-0.39, 0.29) is 16.2 Å². The van der Waals surface area contributed by atoms with Crippen LogP contribution >= 0.6 is 11.6 Å². The van der Waals surface area contributed by atoms with Crippen molar-refractivity contribution in [2.24, 2.45) is 5.41 Å². The molecule has 1 saturated heterocycles. The first-order valence-corrected chi connectivity index (χ1v) is 9.14. The van der Waals surface area contributed by atoms with E-state index in [2.05, 4.69) is 13.8 Å². The van der Waals surface area contributed by atoms with Gasteiger partial charge in [-0.05, 0) is 36.0 Å². The lowest BCUT2D eigenvalue weighted by Crippen LogP contribution is -2.42. The number of halogens is 2. The smallest absolute Gasteiger partial charge is 0.207 e. The van der Waals surface area contributed by atoms with Crippen LogP contribution in [0.5, 0.6) is 0 Å². The molecule has 0 unspecified atom stereocenters. The molecule has 1 aromatic carbocycles. The number of nitrogens with zero attached hydrogens (tertiary/aromatic N) is 1. The number of alkyl halides is 1. The summed E-state index contributed by atoms with van der Waals surface area (Å²) in [6.45, 7) is 5.17. The average Bonchev–Trinajstić information content (AvgIpc) is 2.48. The van der Waals surface area contributed by atoms with E-state index in [0.717, 1.165) is 19.3 Å². The van der Waals surface area contributed by atoms with Crippen molar-refractivity contribution in [1.82, 2.24) is 4.31 Å². The van der Waals surface area contributed by atoms with Gasteiger partial charge in [-0.25, -0.2) is 12.8 Å². The Bertz CT molecular complexity index is 610. The Hall–Kier alpha value is -0.650. The van der Waals surface area contributed by atoms with Crippen LogP contribution in [-0.4, -0.2) is 25.8 Å². The number of piperidine rings is 1. The van der Waals surface area contributed by atoms with Gasteiger partial charge in [-0.1, -0.05) is 26.3 Å². The molecule has 1 aliphatic rings. The molecule has 21 heavy (non-hydrogen) atoms. The number of benzene rings is 1. The Morgan fingerprint density at radius 3 is 2.48 bits per heavy atom. The van der Waals surface area contributed by atoms with Gasteiger partial charge in [0.05, 0.1) is 0 Å². The van der Waals surface area contributed by atoms with E-state index < -0.39 is 15.8 Å². The van der Waals surface area contributed by atoms with E-state index in [0.29, 0.717) is 18.7 Å². The molecule has 0 amide bonds. The van der Waals surface area contributed by atoms with E-state index in [1.54, 1.807) is 0 Å². The minimum absolute atomic E-state index is 0.163. The monoisotopic (exact) mass is 333 g/mol. The molecule has 6 heteroatoms. The Morgan fingerprint density at radius 2 is 1.95 bits per heavy atom. The Balaban J connectivity index is 2.27. The van der Waals surface area contributed by atoms with Crippen molar-refractivity contribution in [2.45, 2.75) is 43.9 Å². The first-order valence-electron chi connectivity index (χ1n) is 7.17. The molecule has 0 atom stereocenters. The van der Waals surface area contributed by atoms with Crippen LogP contribution in [-0.2, 0) is 15.9 Å². The number of rotatable bonds is 4. The molecule has 2 rings (SSSR count). The normalized spacial score (nSPS) is 19.6. The van der Waals surface area contributed by atoms with Gasteiger partial charge >= 0.3 is 0 Å². The molecule has 0 spiro atoms. The van der Waals surface area contributed by atoms with Crippen molar-refractivity contribution in [2.75, 3.05) is 13.1 Å². The highest BCUT2D eigenvalue weighted by atomic mass is 35.5. The van der Waals surface area contributed by atoms with Crippen LogP contribution in [0, 0.1) is 11.2 Å². The molecule has 0 aromatic heterocycles. The fourth-order valence-electron chi connectivity index (χ4n) is 2.59. The van der Waals surface area contributed by atoms with Gasteiger partial charge < -0.3 is 0 Å². The Labute approximate surface area is 131 Å². The highest BCUT2D eigenvalue weighted by Gasteiger charge is 2.35. The molecule has 0 aliphatic carbocycles. The Kier molecular flexibility index (Phi) is 4.96. The third kappa shape index (κ3) is 3.41. The quantitative estimate of drug-likeness (QED) is 0.787. The third-order valence-electron chi connectivity index (χ3n) is 4.55. The fourth-order valence-corrected chi connectivity index (χ4v) is 4.31. The number of hydrogen-bond donors (Lipinski definition) is 0. The summed E-state index contributed by atoms with van der Waals surface area (Å²) >= 11 is 5.71. The van der Waals surface area contributed by atoms with Gasteiger partial charge in [0.15, 0.2) is 0 Å². The molecule has 118 valence electrons. The van der Waals surface area contributed by atoms with E-state index in [1.807, 2.05) is 0 Å². The minimum Gasteiger partial charge on any atom is -0.207 e. The van der Waals surface area contributed by atoms with Crippen molar-refractivity contribution < 1.29 is 12.8 Å². The van der Waals surface area contributed by atoms with Crippen LogP contribution in [0.1, 0.15) is 38.7 Å². The van der Waals surface area contributed by atoms with Gasteiger partial charge in [0.25, 0.3) is 0 Å². The van der Waals surface area contributed by atoms with Crippen molar-refractivity contribution in [3.8, 4) is 0 Å². The average molecular weight is 334 g/mol. The van der Waals surface area contributed by atoms with Gasteiger partial charge in [-0.2, -0.15) is 4.31 Å². The summed E-state index contributed by atoms with van der Waals surface area (Å²) in [5.74, 6) is -0.552. The second-order valence-electron chi connectivity index (χ2n) is 5.97. The van der Waals surface area contributed by atoms with Gasteiger partial charge in [0, 0.05) is 19.0 Å². The summed E-state index contributed by atoms with van der Waals surface area (Å²) in [5, 5.41) is 0. The molecule has 1 fully saturated rings.